The first-order valence-electron chi connectivity index (χ1n) is 5.31. The van der Waals surface area contributed by atoms with E-state index in [1.165, 1.54) is 18.2 Å². The van der Waals surface area contributed by atoms with Gasteiger partial charge in [-0.3, -0.25) is 0 Å². The molecule has 0 bridgehead atoms. The lowest BCUT2D eigenvalue weighted by Gasteiger charge is -2.08. The highest BCUT2D eigenvalue weighted by Gasteiger charge is 2.14. The summed E-state index contributed by atoms with van der Waals surface area (Å²) in [6.07, 6.45) is 0. The van der Waals surface area contributed by atoms with Crippen molar-refractivity contribution in [2.45, 2.75) is 6.92 Å². The van der Waals surface area contributed by atoms with E-state index in [9.17, 15) is 9.18 Å². The summed E-state index contributed by atoms with van der Waals surface area (Å²) >= 11 is 3.02. The van der Waals surface area contributed by atoms with Gasteiger partial charge >= 0.3 is 5.97 Å². The molecule has 1 N–H and O–H groups in total. The molecule has 2 aromatic rings. The molecule has 1 heterocycles. The monoisotopic (exact) mass is 325 g/mol. The van der Waals surface area contributed by atoms with Crippen LogP contribution in [0.4, 0.5) is 4.39 Å². The van der Waals surface area contributed by atoms with Crippen LogP contribution in [0.25, 0.3) is 0 Å². The van der Waals surface area contributed by atoms with Crippen molar-refractivity contribution >= 4 is 21.9 Å². The lowest BCUT2D eigenvalue weighted by Crippen LogP contribution is -2.03. The molecule has 0 atom stereocenters. The van der Waals surface area contributed by atoms with Crippen LogP contribution in [0, 0.1) is 12.7 Å². The standard InChI is InChI=1S/C13H9BrFNO3/c1-7-2-4-9(13(17)18)12(16-7)19-8-3-5-10(14)11(15)6-8/h2-6H,1H3,(H,17,18). The molecule has 0 aliphatic carbocycles. The minimum atomic E-state index is -1.15. The molecular formula is C13H9BrFNO3. The number of nitrogens with zero attached hydrogens (tertiary/aromatic N) is 1. The average Bonchev–Trinajstić information content (AvgIpc) is 2.33. The molecule has 0 unspecified atom stereocenters. The summed E-state index contributed by atoms with van der Waals surface area (Å²) in [5.41, 5.74) is 0.534. The highest BCUT2D eigenvalue weighted by atomic mass is 79.9. The zero-order valence-corrected chi connectivity index (χ0v) is 11.4. The first-order valence-corrected chi connectivity index (χ1v) is 6.10. The molecule has 19 heavy (non-hydrogen) atoms. The van der Waals surface area contributed by atoms with E-state index in [1.54, 1.807) is 13.0 Å². The number of pyridine rings is 1. The first kappa shape index (κ1) is 13.5. The molecule has 6 heteroatoms. The van der Waals surface area contributed by atoms with E-state index < -0.39 is 11.8 Å². The Kier molecular flexibility index (Phi) is 3.80. The zero-order valence-electron chi connectivity index (χ0n) is 9.85. The number of benzene rings is 1. The Balaban J connectivity index is 2.39. The average molecular weight is 326 g/mol. The molecular weight excluding hydrogens is 317 g/mol. The third-order valence-electron chi connectivity index (χ3n) is 2.34. The van der Waals surface area contributed by atoms with Gasteiger partial charge in [-0.2, -0.15) is 0 Å². The topological polar surface area (TPSA) is 59.4 Å². The van der Waals surface area contributed by atoms with Crippen LogP contribution < -0.4 is 4.74 Å². The van der Waals surface area contributed by atoms with Gasteiger partial charge in [-0.05, 0) is 47.1 Å². The predicted octanol–water partition coefficient (Wildman–Crippen LogP) is 3.78. The van der Waals surface area contributed by atoms with Gasteiger partial charge in [-0.1, -0.05) is 0 Å². The number of aryl methyl sites for hydroxylation is 1. The number of rotatable bonds is 3. The van der Waals surface area contributed by atoms with Crippen molar-refractivity contribution in [3.8, 4) is 11.6 Å². The summed E-state index contributed by atoms with van der Waals surface area (Å²) in [6.45, 7) is 1.71. The summed E-state index contributed by atoms with van der Waals surface area (Å²) < 4.78 is 19.0. The lowest BCUT2D eigenvalue weighted by molar-refractivity contribution is 0.0693. The van der Waals surface area contributed by atoms with Gasteiger partial charge in [-0.25, -0.2) is 14.2 Å². The lowest BCUT2D eigenvalue weighted by atomic mass is 10.2. The van der Waals surface area contributed by atoms with Crippen LogP contribution in [0.15, 0.2) is 34.8 Å². The third kappa shape index (κ3) is 3.08. The van der Waals surface area contributed by atoms with Crippen LogP contribution >= 0.6 is 15.9 Å². The molecule has 98 valence electrons. The molecule has 1 aromatic carbocycles. The Bertz CT molecular complexity index is 646. The number of hydrogen-bond acceptors (Lipinski definition) is 3. The van der Waals surface area contributed by atoms with Gasteiger partial charge < -0.3 is 9.84 Å². The number of carboxylic acids is 1. The molecule has 0 aliphatic heterocycles. The van der Waals surface area contributed by atoms with Crippen molar-refractivity contribution in [3.05, 3.63) is 51.9 Å². The van der Waals surface area contributed by atoms with E-state index in [-0.39, 0.29) is 17.2 Å². The Labute approximate surface area is 117 Å². The molecule has 0 saturated heterocycles. The van der Waals surface area contributed by atoms with Crippen LogP contribution in [-0.2, 0) is 0 Å². The highest BCUT2D eigenvalue weighted by Crippen LogP contribution is 2.27. The SMILES string of the molecule is Cc1ccc(C(=O)O)c(Oc2ccc(Br)c(F)c2)n1. The molecule has 0 amide bonds. The van der Waals surface area contributed by atoms with Crippen molar-refractivity contribution in [3.63, 3.8) is 0 Å². The Hall–Kier alpha value is -1.95. The zero-order chi connectivity index (χ0) is 14.0. The van der Waals surface area contributed by atoms with E-state index in [0.29, 0.717) is 10.2 Å². The normalized spacial score (nSPS) is 10.3. The van der Waals surface area contributed by atoms with E-state index in [4.69, 9.17) is 9.84 Å². The maximum atomic E-state index is 13.4. The summed E-state index contributed by atoms with van der Waals surface area (Å²) in [4.78, 5) is 15.0. The van der Waals surface area contributed by atoms with Crippen molar-refractivity contribution < 1.29 is 19.0 Å². The van der Waals surface area contributed by atoms with Gasteiger partial charge in [0.05, 0.1) is 4.47 Å². The molecule has 0 spiro atoms. The molecule has 4 nitrogen and oxygen atoms in total. The Morgan fingerprint density at radius 3 is 2.74 bits per heavy atom. The van der Waals surface area contributed by atoms with E-state index in [0.717, 1.165) is 6.07 Å². The molecule has 0 saturated carbocycles. The van der Waals surface area contributed by atoms with Crippen molar-refractivity contribution in [1.82, 2.24) is 4.98 Å². The van der Waals surface area contributed by atoms with Crippen LogP contribution in [0.1, 0.15) is 16.1 Å². The van der Waals surface area contributed by atoms with Crippen LogP contribution in [0.2, 0.25) is 0 Å². The second kappa shape index (κ2) is 5.36. The largest absolute Gasteiger partial charge is 0.477 e. The first-order chi connectivity index (χ1) is 8.97. The fraction of sp³-hybridized carbons (Fsp3) is 0.0769. The molecule has 1 aromatic heterocycles. The number of halogens is 2. The summed E-state index contributed by atoms with van der Waals surface area (Å²) in [5, 5.41) is 9.03. The van der Waals surface area contributed by atoms with Crippen LogP contribution in [0.3, 0.4) is 0 Å². The summed E-state index contributed by atoms with van der Waals surface area (Å²) in [6, 6.07) is 7.11. The Morgan fingerprint density at radius 1 is 1.37 bits per heavy atom. The maximum absolute atomic E-state index is 13.4. The highest BCUT2D eigenvalue weighted by molar-refractivity contribution is 9.10. The summed E-state index contributed by atoms with van der Waals surface area (Å²) in [7, 11) is 0. The van der Waals surface area contributed by atoms with Crippen molar-refractivity contribution in [2.24, 2.45) is 0 Å². The second-order valence-corrected chi connectivity index (χ2v) is 4.64. The predicted molar refractivity (Wildman–Crippen MR) is 70.1 cm³/mol. The minimum Gasteiger partial charge on any atom is -0.477 e. The van der Waals surface area contributed by atoms with E-state index in [1.807, 2.05) is 0 Å². The van der Waals surface area contributed by atoms with Gasteiger partial charge in [0.2, 0.25) is 5.88 Å². The fourth-order valence-corrected chi connectivity index (χ4v) is 1.67. The van der Waals surface area contributed by atoms with Crippen LogP contribution in [-0.4, -0.2) is 16.1 Å². The fourth-order valence-electron chi connectivity index (χ4n) is 1.43. The summed E-state index contributed by atoms with van der Waals surface area (Å²) in [5.74, 6) is -1.53. The number of hydrogen-bond donors (Lipinski definition) is 1. The van der Waals surface area contributed by atoms with Gasteiger partial charge in [-0.15, -0.1) is 0 Å². The molecule has 2 rings (SSSR count). The van der Waals surface area contributed by atoms with Gasteiger partial charge in [0.15, 0.2) is 0 Å². The molecule has 0 fully saturated rings. The van der Waals surface area contributed by atoms with Crippen LogP contribution in [0.5, 0.6) is 11.6 Å². The number of aromatic carboxylic acids is 1. The number of ether oxygens (including phenoxy) is 1. The second-order valence-electron chi connectivity index (χ2n) is 3.79. The van der Waals surface area contributed by atoms with E-state index >= 15 is 0 Å². The minimum absolute atomic E-state index is 0.0609. The molecule has 0 radical (unpaired) electrons. The third-order valence-corrected chi connectivity index (χ3v) is 2.98. The number of carboxylic acid groups (broad SMARTS) is 1. The quantitative estimate of drug-likeness (QED) is 0.932. The van der Waals surface area contributed by atoms with Crippen molar-refractivity contribution in [1.29, 1.82) is 0 Å². The smallest absolute Gasteiger partial charge is 0.341 e. The van der Waals surface area contributed by atoms with Crippen molar-refractivity contribution in [2.75, 3.05) is 0 Å². The van der Waals surface area contributed by atoms with E-state index in [2.05, 4.69) is 20.9 Å². The number of aromatic nitrogens is 1. The Morgan fingerprint density at radius 2 is 2.11 bits per heavy atom. The number of carbonyl (C=O) groups is 1. The maximum Gasteiger partial charge on any atom is 0.341 e. The van der Waals surface area contributed by atoms with Gasteiger partial charge in [0.1, 0.15) is 17.1 Å². The van der Waals surface area contributed by atoms with Gasteiger partial charge in [0.25, 0.3) is 0 Å². The molecule has 0 aliphatic rings. The van der Waals surface area contributed by atoms with Gasteiger partial charge in [0, 0.05) is 11.8 Å².